The van der Waals surface area contributed by atoms with Crippen molar-refractivity contribution < 1.29 is 5.11 Å². The molecule has 2 fully saturated rings. The summed E-state index contributed by atoms with van der Waals surface area (Å²) in [5.74, 6) is 1.45. The molecule has 8 heavy (non-hydrogen) atoms. The Balaban J connectivity index is 1.94. The van der Waals surface area contributed by atoms with Crippen molar-refractivity contribution in [1.82, 2.24) is 5.32 Å². The minimum Gasteiger partial charge on any atom is -0.396 e. The van der Waals surface area contributed by atoms with Gasteiger partial charge in [0.2, 0.25) is 0 Å². The van der Waals surface area contributed by atoms with Crippen molar-refractivity contribution in [2.24, 2.45) is 11.8 Å². The zero-order valence-corrected chi connectivity index (χ0v) is 4.80. The number of aliphatic hydroxyl groups is 1. The first-order valence-electron chi connectivity index (χ1n) is 3.27. The van der Waals surface area contributed by atoms with E-state index in [9.17, 15) is 0 Å². The molecule has 2 N–H and O–H groups in total. The van der Waals surface area contributed by atoms with Gasteiger partial charge in [-0.2, -0.15) is 0 Å². The summed E-state index contributed by atoms with van der Waals surface area (Å²) in [4.78, 5) is 0. The van der Waals surface area contributed by atoms with Gasteiger partial charge in [0.1, 0.15) is 0 Å². The number of nitrogens with one attached hydrogen (secondary N) is 1. The van der Waals surface area contributed by atoms with Crippen molar-refractivity contribution in [3.63, 3.8) is 0 Å². The Bertz CT molecular complexity index is 87.9. The average molecular weight is 113 g/mol. The van der Waals surface area contributed by atoms with Crippen LogP contribution in [0.1, 0.15) is 6.42 Å². The summed E-state index contributed by atoms with van der Waals surface area (Å²) in [6, 6.07) is 0.694. The van der Waals surface area contributed by atoms with Crippen LogP contribution in [0.4, 0.5) is 0 Å². The van der Waals surface area contributed by atoms with Crippen LogP contribution in [-0.4, -0.2) is 24.3 Å². The van der Waals surface area contributed by atoms with Gasteiger partial charge in [0.05, 0.1) is 0 Å². The molecule has 0 spiro atoms. The molecule has 2 aliphatic rings. The molecule has 0 bridgehead atoms. The normalized spacial score (nSPS) is 51.4. The second-order valence-corrected chi connectivity index (χ2v) is 2.78. The first-order valence-corrected chi connectivity index (χ1v) is 3.27. The highest BCUT2D eigenvalue weighted by atomic mass is 16.3. The molecule has 0 aromatic rings. The highest BCUT2D eigenvalue weighted by Gasteiger charge is 2.51. The van der Waals surface area contributed by atoms with Gasteiger partial charge >= 0.3 is 0 Å². The van der Waals surface area contributed by atoms with E-state index in [4.69, 9.17) is 5.11 Å². The van der Waals surface area contributed by atoms with Crippen molar-refractivity contribution in [1.29, 1.82) is 0 Å². The second kappa shape index (κ2) is 1.45. The topological polar surface area (TPSA) is 32.3 Å². The number of hydrogen-bond acceptors (Lipinski definition) is 2. The average Bonchev–Trinajstić information content (AvgIpc) is 2.22. The predicted molar refractivity (Wildman–Crippen MR) is 30.5 cm³/mol. The van der Waals surface area contributed by atoms with E-state index in [1.807, 2.05) is 0 Å². The zero-order valence-electron chi connectivity index (χ0n) is 4.80. The van der Waals surface area contributed by atoms with Crippen LogP contribution in [0.2, 0.25) is 0 Å². The molecule has 3 unspecified atom stereocenters. The Kier molecular flexibility index (Phi) is 0.866. The summed E-state index contributed by atoms with van der Waals surface area (Å²) >= 11 is 0. The molecule has 1 saturated carbocycles. The lowest BCUT2D eigenvalue weighted by Gasteiger charge is -1.96. The molecule has 1 saturated heterocycles. The van der Waals surface area contributed by atoms with Crippen LogP contribution in [0.3, 0.4) is 0 Å². The largest absolute Gasteiger partial charge is 0.396 e. The summed E-state index contributed by atoms with van der Waals surface area (Å²) in [5, 5.41) is 12.0. The zero-order chi connectivity index (χ0) is 5.56. The first-order chi connectivity index (χ1) is 3.93. The molecule has 2 rings (SSSR count). The fraction of sp³-hybridized carbons (Fsp3) is 1.00. The van der Waals surface area contributed by atoms with Crippen molar-refractivity contribution in [3.05, 3.63) is 0 Å². The van der Waals surface area contributed by atoms with Gasteiger partial charge in [-0.25, -0.2) is 0 Å². The maximum atomic E-state index is 8.67. The molecule has 0 radical (unpaired) electrons. The SMILES string of the molecule is OCC1C2CCNC12. The summed E-state index contributed by atoms with van der Waals surface area (Å²) in [5.41, 5.74) is 0. The minimum atomic E-state index is 0.391. The molecule has 1 aliphatic heterocycles. The van der Waals surface area contributed by atoms with Gasteiger partial charge in [0, 0.05) is 18.6 Å². The Morgan fingerprint density at radius 2 is 2.50 bits per heavy atom. The Hall–Kier alpha value is -0.0800. The predicted octanol–water partition coefficient (Wildman–Crippen LogP) is -0.413. The molecule has 3 atom stereocenters. The van der Waals surface area contributed by atoms with Crippen molar-refractivity contribution >= 4 is 0 Å². The third kappa shape index (κ3) is 0.446. The highest BCUT2D eigenvalue weighted by molar-refractivity contribution is 5.06. The molecule has 0 aromatic heterocycles. The lowest BCUT2D eigenvalue weighted by Crippen LogP contribution is -2.16. The third-order valence-corrected chi connectivity index (χ3v) is 2.40. The van der Waals surface area contributed by atoms with E-state index in [2.05, 4.69) is 5.32 Å². The lowest BCUT2D eigenvalue weighted by atomic mass is 10.2. The highest BCUT2D eigenvalue weighted by Crippen LogP contribution is 2.44. The van der Waals surface area contributed by atoms with E-state index in [0.29, 0.717) is 18.6 Å². The van der Waals surface area contributed by atoms with Crippen molar-refractivity contribution in [2.75, 3.05) is 13.2 Å². The van der Waals surface area contributed by atoms with E-state index < -0.39 is 0 Å². The Morgan fingerprint density at radius 3 is 2.88 bits per heavy atom. The smallest absolute Gasteiger partial charge is 0.0477 e. The Morgan fingerprint density at radius 1 is 1.62 bits per heavy atom. The van der Waals surface area contributed by atoms with E-state index >= 15 is 0 Å². The van der Waals surface area contributed by atoms with Crippen LogP contribution in [0, 0.1) is 11.8 Å². The standard InChI is InChI=1S/C6H11NO/c8-3-5-4-1-2-7-6(4)5/h4-8H,1-3H2. The third-order valence-electron chi connectivity index (χ3n) is 2.40. The molecule has 46 valence electrons. The molecule has 1 aliphatic carbocycles. The monoisotopic (exact) mass is 113 g/mol. The fourth-order valence-corrected chi connectivity index (χ4v) is 1.81. The molecule has 2 heteroatoms. The van der Waals surface area contributed by atoms with Crippen molar-refractivity contribution in [2.45, 2.75) is 12.5 Å². The molecule has 2 nitrogen and oxygen atoms in total. The van der Waals surface area contributed by atoms with Crippen LogP contribution >= 0.6 is 0 Å². The van der Waals surface area contributed by atoms with E-state index in [1.165, 1.54) is 13.0 Å². The lowest BCUT2D eigenvalue weighted by molar-refractivity contribution is 0.259. The summed E-state index contributed by atoms with van der Waals surface area (Å²) in [6.45, 7) is 1.56. The van der Waals surface area contributed by atoms with Crippen LogP contribution in [0.5, 0.6) is 0 Å². The fourth-order valence-electron chi connectivity index (χ4n) is 1.81. The van der Waals surface area contributed by atoms with Crippen LogP contribution in [0.25, 0.3) is 0 Å². The number of aliphatic hydroxyl groups excluding tert-OH is 1. The molecular formula is C6H11NO. The number of piperidine rings is 1. The van der Waals surface area contributed by atoms with E-state index in [-0.39, 0.29) is 0 Å². The van der Waals surface area contributed by atoms with Gasteiger partial charge in [0.25, 0.3) is 0 Å². The maximum Gasteiger partial charge on any atom is 0.0477 e. The molecule has 0 amide bonds. The summed E-state index contributed by atoms with van der Waals surface area (Å²) in [7, 11) is 0. The van der Waals surface area contributed by atoms with Crippen molar-refractivity contribution in [3.8, 4) is 0 Å². The first kappa shape index (κ1) is 4.77. The number of fused-ring (bicyclic) bond motifs is 1. The quantitative estimate of drug-likeness (QED) is 0.484. The van der Waals surface area contributed by atoms with Gasteiger partial charge in [0.15, 0.2) is 0 Å². The van der Waals surface area contributed by atoms with Crippen LogP contribution < -0.4 is 5.32 Å². The van der Waals surface area contributed by atoms with Crippen LogP contribution in [0.15, 0.2) is 0 Å². The number of hydrogen-bond donors (Lipinski definition) is 2. The van der Waals surface area contributed by atoms with Gasteiger partial charge in [-0.15, -0.1) is 0 Å². The molecule has 0 aromatic carbocycles. The van der Waals surface area contributed by atoms with E-state index in [1.54, 1.807) is 0 Å². The molecular weight excluding hydrogens is 102 g/mol. The van der Waals surface area contributed by atoms with Gasteiger partial charge in [-0.3, -0.25) is 0 Å². The maximum absolute atomic E-state index is 8.67. The Labute approximate surface area is 48.9 Å². The van der Waals surface area contributed by atoms with Gasteiger partial charge in [-0.1, -0.05) is 0 Å². The summed E-state index contributed by atoms with van der Waals surface area (Å²) in [6.07, 6.45) is 1.29. The van der Waals surface area contributed by atoms with Gasteiger partial charge < -0.3 is 10.4 Å². The minimum absolute atomic E-state index is 0.391. The summed E-state index contributed by atoms with van der Waals surface area (Å²) < 4.78 is 0. The van der Waals surface area contributed by atoms with E-state index in [0.717, 1.165) is 5.92 Å². The molecule has 1 heterocycles. The number of rotatable bonds is 1. The van der Waals surface area contributed by atoms with Gasteiger partial charge in [-0.05, 0) is 18.9 Å². The van der Waals surface area contributed by atoms with Crippen LogP contribution in [-0.2, 0) is 0 Å². The second-order valence-electron chi connectivity index (χ2n) is 2.78.